The van der Waals surface area contributed by atoms with Gasteiger partial charge in [-0.2, -0.15) is 0 Å². The number of nitrogens with zero attached hydrogens (tertiary/aromatic N) is 1. The van der Waals surface area contributed by atoms with E-state index in [-0.39, 0.29) is 38.4 Å². The predicted molar refractivity (Wildman–Crippen MR) is 84.2 cm³/mol. The SMILES string of the molecule is CC1(C)OB(c2ccc(-c3[c-]cccc3)nc2)OC1(C)C.[Ir]. The Morgan fingerprint density at radius 3 is 2.18 bits per heavy atom. The molecule has 1 aromatic carbocycles. The van der Waals surface area contributed by atoms with Gasteiger partial charge < -0.3 is 14.3 Å². The molecule has 0 bridgehead atoms. The molecule has 0 amide bonds. The van der Waals surface area contributed by atoms with Crippen LogP contribution < -0.4 is 5.46 Å². The summed E-state index contributed by atoms with van der Waals surface area (Å²) in [5, 5.41) is 0. The molecular formula is C17H19BIrNO2-. The number of hydrogen-bond donors (Lipinski definition) is 0. The minimum absolute atomic E-state index is 0. The Hall–Kier alpha value is -0.996. The first-order valence-corrected chi connectivity index (χ1v) is 7.18. The van der Waals surface area contributed by atoms with Crippen molar-refractivity contribution in [3.8, 4) is 11.3 Å². The molecule has 0 N–H and O–H groups in total. The van der Waals surface area contributed by atoms with Gasteiger partial charge in [-0.3, -0.25) is 0 Å². The maximum absolute atomic E-state index is 6.03. The standard InChI is InChI=1S/C17H19BNO2.Ir/c1-16(2)17(3,4)21-18(20-16)14-10-11-15(19-12-14)13-8-6-5-7-9-13;/h5-8,10-12H,1-4H3;/q-1;. The van der Waals surface area contributed by atoms with E-state index >= 15 is 0 Å². The van der Waals surface area contributed by atoms with Crippen LogP contribution in [0.2, 0.25) is 0 Å². The van der Waals surface area contributed by atoms with Crippen molar-refractivity contribution in [3.63, 3.8) is 0 Å². The van der Waals surface area contributed by atoms with Crippen molar-refractivity contribution in [2.75, 3.05) is 0 Å². The van der Waals surface area contributed by atoms with Gasteiger partial charge >= 0.3 is 7.12 Å². The molecule has 0 saturated carbocycles. The van der Waals surface area contributed by atoms with Crippen LogP contribution in [0.1, 0.15) is 27.7 Å². The van der Waals surface area contributed by atoms with E-state index in [1.807, 2.05) is 70.3 Å². The molecule has 3 rings (SSSR count). The third-order valence-corrected chi connectivity index (χ3v) is 4.30. The molecule has 0 unspecified atom stereocenters. The normalized spacial score (nSPS) is 18.8. The first-order chi connectivity index (χ1) is 9.89. The molecule has 0 spiro atoms. The van der Waals surface area contributed by atoms with Crippen LogP contribution in [0, 0.1) is 6.07 Å². The largest absolute Gasteiger partial charge is 0.496 e. The van der Waals surface area contributed by atoms with Gasteiger partial charge in [0.1, 0.15) is 0 Å². The second-order valence-electron chi connectivity index (χ2n) is 6.34. The van der Waals surface area contributed by atoms with E-state index in [2.05, 4.69) is 11.1 Å². The van der Waals surface area contributed by atoms with Crippen LogP contribution in [0.4, 0.5) is 0 Å². The number of aromatic nitrogens is 1. The molecule has 1 fully saturated rings. The van der Waals surface area contributed by atoms with E-state index in [1.54, 1.807) is 0 Å². The van der Waals surface area contributed by atoms with E-state index in [0.29, 0.717) is 0 Å². The second kappa shape index (κ2) is 6.25. The Balaban J connectivity index is 0.00000176. The average molecular weight is 472 g/mol. The maximum atomic E-state index is 6.03. The molecule has 1 aromatic heterocycles. The van der Waals surface area contributed by atoms with Gasteiger partial charge in [0, 0.05) is 26.3 Å². The molecule has 1 radical (unpaired) electrons. The van der Waals surface area contributed by atoms with Gasteiger partial charge in [-0.15, -0.1) is 35.9 Å². The third kappa shape index (κ3) is 3.18. The molecule has 117 valence electrons. The molecule has 5 heteroatoms. The molecule has 0 atom stereocenters. The third-order valence-electron chi connectivity index (χ3n) is 4.30. The van der Waals surface area contributed by atoms with Crippen molar-refractivity contribution in [2.45, 2.75) is 38.9 Å². The molecular weight excluding hydrogens is 453 g/mol. The van der Waals surface area contributed by atoms with Crippen molar-refractivity contribution in [1.29, 1.82) is 0 Å². The Kier molecular flexibility index (Phi) is 4.93. The van der Waals surface area contributed by atoms with E-state index < -0.39 is 0 Å². The van der Waals surface area contributed by atoms with Gasteiger partial charge in [0.05, 0.1) is 11.2 Å². The van der Waals surface area contributed by atoms with Crippen molar-refractivity contribution in [3.05, 3.63) is 48.7 Å². The summed E-state index contributed by atoms with van der Waals surface area (Å²) in [5.41, 5.74) is 2.16. The van der Waals surface area contributed by atoms with Crippen molar-refractivity contribution >= 4 is 12.6 Å². The fraction of sp³-hybridized carbons (Fsp3) is 0.353. The van der Waals surface area contributed by atoms with E-state index in [4.69, 9.17) is 9.31 Å². The molecule has 2 heterocycles. The molecule has 1 aliphatic heterocycles. The van der Waals surface area contributed by atoms with Gasteiger partial charge in [0.2, 0.25) is 0 Å². The quantitative estimate of drug-likeness (QED) is 0.498. The van der Waals surface area contributed by atoms with Gasteiger partial charge in [-0.25, -0.2) is 0 Å². The Morgan fingerprint density at radius 2 is 1.68 bits per heavy atom. The van der Waals surface area contributed by atoms with E-state index in [0.717, 1.165) is 16.7 Å². The molecule has 22 heavy (non-hydrogen) atoms. The van der Waals surface area contributed by atoms with Gasteiger partial charge in [0.25, 0.3) is 0 Å². The summed E-state index contributed by atoms with van der Waals surface area (Å²) in [7, 11) is -0.365. The summed E-state index contributed by atoms with van der Waals surface area (Å²) in [5.74, 6) is 0. The van der Waals surface area contributed by atoms with Crippen molar-refractivity contribution < 1.29 is 29.4 Å². The van der Waals surface area contributed by atoms with Gasteiger partial charge in [0.15, 0.2) is 0 Å². The van der Waals surface area contributed by atoms with Crippen LogP contribution in [0.5, 0.6) is 0 Å². The first-order valence-electron chi connectivity index (χ1n) is 7.18. The summed E-state index contributed by atoms with van der Waals surface area (Å²) >= 11 is 0. The average Bonchev–Trinajstić information content (AvgIpc) is 2.69. The Bertz CT molecular complexity index is 613. The number of hydrogen-bond acceptors (Lipinski definition) is 3. The van der Waals surface area contributed by atoms with E-state index in [9.17, 15) is 0 Å². The molecule has 3 nitrogen and oxygen atoms in total. The minimum Gasteiger partial charge on any atom is -0.399 e. The molecule has 1 aliphatic rings. The van der Waals surface area contributed by atoms with Crippen LogP contribution >= 0.6 is 0 Å². The monoisotopic (exact) mass is 473 g/mol. The van der Waals surface area contributed by atoms with Gasteiger partial charge in [-0.1, -0.05) is 12.1 Å². The van der Waals surface area contributed by atoms with Crippen LogP contribution in [-0.2, 0) is 29.4 Å². The van der Waals surface area contributed by atoms with Gasteiger partial charge in [-0.05, 0) is 38.9 Å². The van der Waals surface area contributed by atoms with Crippen LogP contribution in [0.15, 0.2) is 42.6 Å². The number of benzene rings is 1. The van der Waals surface area contributed by atoms with Crippen LogP contribution in [0.3, 0.4) is 0 Å². The van der Waals surface area contributed by atoms with Crippen LogP contribution in [0.25, 0.3) is 11.3 Å². The fourth-order valence-electron chi connectivity index (χ4n) is 2.24. The molecule has 1 saturated heterocycles. The second-order valence-corrected chi connectivity index (χ2v) is 6.34. The smallest absolute Gasteiger partial charge is 0.399 e. The van der Waals surface area contributed by atoms with Crippen molar-refractivity contribution in [1.82, 2.24) is 4.98 Å². The Morgan fingerprint density at radius 1 is 1.00 bits per heavy atom. The zero-order valence-corrected chi connectivity index (χ0v) is 15.6. The number of rotatable bonds is 2. The van der Waals surface area contributed by atoms with E-state index in [1.165, 1.54) is 0 Å². The maximum Gasteiger partial charge on any atom is 0.496 e. The summed E-state index contributed by atoms with van der Waals surface area (Å²) in [6, 6.07) is 15.0. The number of pyridine rings is 1. The summed E-state index contributed by atoms with van der Waals surface area (Å²) in [6.07, 6.45) is 1.82. The molecule has 2 aromatic rings. The predicted octanol–water partition coefficient (Wildman–Crippen LogP) is 2.85. The van der Waals surface area contributed by atoms with Crippen LogP contribution in [-0.4, -0.2) is 23.3 Å². The minimum atomic E-state index is -0.365. The zero-order chi connectivity index (χ0) is 15.1. The summed E-state index contributed by atoms with van der Waals surface area (Å²) in [6.45, 7) is 8.20. The molecule has 0 aliphatic carbocycles. The Labute approximate surface area is 145 Å². The fourth-order valence-corrected chi connectivity index (χ4v) is 2.24. The summed E-state index contributed by atoms with van der Waals surface area (Å²) in [4.78, 5) is 4.50. The summed E-state index contributed by atoms with van der Waals surface area (Å²) < 4.78 is 12.1. The first kappa shape index (κ1) is 17.4. The van der Waals surface area contributed by atoms with Crippen molar-refractivity contribution in [2.24, 2.45) is 0 Å². The zero-order valence-electron chi connectivity index (χ0n) is 13.2. The topological polar surface area (TPSA) is 31.4 Å².